The summed E-state index contributed by atoms with van der Waals surface area (Å²) < 4.78 is 44.2. The average molecular weight is 413 g/mol. The van der Waals surface area contributed by atoms with E-state index in [1.165, 1.54) is 24.7 Å². The normalized spacial score (nSPS) is 18.9. The number of anilines is 1. The van der Waals surface area contributed by atoms with Crippen LogP contribution in [0.2, 0.25) is 0 Å². The number of aryl methyl sites for hydroxylation is 1. The molecule has 1 aliphatic heterocycles. The molecule has 1 fully saturated rings. The van der Waals surface area contributed by atoms with E-state index in [0.717, 1.165) is 0 Å². The summed E-state index contributed by atoms with van der Waals surface area (Å²) in [5.74, 6) is -1.03. The Labute approximate surface area is 172 Å². The molecule has 0 saturated carbocycles. The minimum atomic E-state index is -1.04. The van der Waals surface area contributed by atoms with Gasteiger partial charge in [0.15, 0.2) is 0 Å². The van der Waals surface area contributed by atoms with Gasteiger partial charge in [-0.15, -0.1) is 0 Å². The van der Waals surface area contributed by atoms with Crippen LogP contribution in [0.25, 0.3) is 23.0 Å². The molecule has 3 heterocycles. The van der Waals surface area contributed by atoms with Gasteiger partial charge in [0.05, 0.1) is 41.2 Å². The Bertz CT molecular complexity index is 1080. The summed E-state index contributed by atoms with van der Waals surface area (Å²) in [7, 11) is 0. The number of hydrogen-bond donors (Lipinski definition) is 2. The number of aromatic nitrogens is 3. The van der Waals surface area contributed by atoms with Gasteiger partial charge in [-0.25, -0.2) is 18.7 Å². The van der Waals surface area contributed by atoms with Crippen molar-refractivity contribution in [1.82, 2.24) is 19.9 Å². The van der Waals surface area contributed by atoms with Crippen LogP contribution in [0.15, 0.2) is 43.5 Å². The van der Waals surface area contributed by atoms with Crippen molar-refractivity contribution >= 4 is 11.8 Å². The summed E-state index contributed by atoms with van der Waals surface area (Å²) in [5, 5.41) is 6.10. The highest BCUT2D eigenvalue weighted by atomic mass is 19.1. The summed E-state index contributed by atoms with van der Waals surface area (Å²) >= 11 is 0. The van der Waals surface area contributed by atoms with Crippen molar-refractivity contribution in [2.75, 3.05) is 18.4 Å². The van der Waals surface area contributed by atoms with Gasteiger partial charge >= 0.3 is 0 Å². The first-order chi connectivity index (χ1) is 14.5. The first kappa shape index (κ1) is 20.2. The van der Waals surface area contributed by atoms with Crippen molar-refractivity contribution < 1.29 is 13.2 Å². The Kier molecular flexibility index (Phi) is 5.59. The molecule has 0 bridgehead atoms. The minimum absolute atomic E-state index is 0.201. The van der Waals surface area contributed by atoms with Crippen molar-refractivity contribution in [3.05, 3.63) is 66.4 Å². The molecule has 2 atom stereocenters. The number of rotatable bonds is 5. The number of imidazole rings is 1. The molecule has 0 spiro atoms. The zero-order valence-electron chi connectivity index (χ0n) is 16.5. The summed E-state index contributed by atoms with van der Waals surface area (Å²) in [6.07, 6.45) is 5.56. The third kappa shape index (κ3) is 3.95. The third-order valence-corrected chi connectivity index (χ3v) is 5.27. The van der Waals surface area contributed by atoms with Crippen LogP contribution in [-0.4, -0.2) is 39.8 Å². The Hall–Kier alpha value is -3.13. The molecule has 0 radical (unpaired) electrons. The van der Waals surface area contributed by atoms with E-state index in [0.29, 0.717) is 41.2 Å². The molecule has 1 aromatic carbocycles. The van der Waals surface area contributed by atoms with Crippen LogP contribution in [0.1, 0.15) is 17.5 Å². The van der Waals surface area contributed by atoms with Gasteiger partial charge in [0.25, 0.3) is 0 Å². The first-order valence-electron chi connectivity index (χ1n) is 9.70. The molecule has 5 nitrogen and oxygen atoms in total. The first-order valence-corrected chi connectivity index (χ1v) is 9.70. The average Bonchev–Trinajstić information content (AvgIpc) is 3.21. The summed E-state index contributed by atoms with van der Waals surface area (Å²) in [6.45, 7) is 6.41. The Balaban J connectivity index is 1.64. The van der Waals surface area contributed by atoms with Crippen LogP contribution in [-0.2, 0) is 0 Å². The van der Waals surface area contributed by atoms with Crippen LogP contribution in [0.3, 0.4) is 0 Å². The van der Waals surface area contributed by atoms with Crippen LogP contribution in [0.4, 0.5) is 18.9 Å². The van der Waals surface area contributed by atoms with Gasteiger partial charge in [0.2, 0.25) is 5.95 Å². The lowest BCUT2D eigenvalue weighted by Gasteiger charge is -2.28. The highest BCUT2D eigenvalue weighted by Gasteiger charge is 2.24. The fourth-order valence-electron chi connectivity index (χ4n) is 3.61. The van der Waals surface area contributed by atoms with Gasteiger partial charge in [-0.1, -0.05) is 12.7 Å². The van der Waals surface area contributed by atoms with Gasteiger partial charge in [0, 0.05) is 18.3 Å². The number of halogens is 3. The van der Waals surface area contributed by atoms with Crippen LogP contribution >= 0.6 is 0 Å². The molecule has 156 valence electrons. The maximum absolute atomic E-state index is 14.4. The highest BCUT2D eigenvalue weighted by Crippen LogP contribution is 2.27. The summed E-state index contributed by atoms with van der Waals surface area (Å²) in [4.78, 5) is 8.10. The van der Waals surface area contributed by atoms with E-state index in [-0.39, 0.29) is 24.0 Å². The Morgan fingerprint density at radius 1 is 1.27 bits per heavy atom. The monoisotopic (exact) mass is 413 g/mol. The van der Waals surface area contributed by atoms with E-state index in [1.807, 2.05) is 0 Å². The summed E-state index contributed by atoms with van der Waals surface area (Å²) in [5.41, 5.74) is 2.88. The van der Waals surface area contributed by atoms with Crippen LogP contribution in [0.5, 0.6) is 0 Å². The fraction of sp³-hybridized carbons (Fsp3) is 0.273. The fourth-order valence-corrected chi connectivity index (χ4v) is 3.61. The van der Waals surface area contributed by atoms with E-state index in [2.05, 4.69) is 27.2 Å². The lowest BCUT2D eigenvalue weighted by molar-refractivity contribution is 0.245. The molecule has 8 heteroatoms. The number of alkyl halides is 1. The van der Waals surface area contributed by atoms with Crippen molar-refractivity contribution in [3.63, 3.8) is 0 Å². The van der Waals surface area contributed by atoms with E-state index in [4.69, 9.17) is 0 Å². The molecule has 1 saturated heterocycles. The van der Waals surface area contributed by atoms with Gasteiger partial charge < -0.3 is 15.2 Å². The van der Waals surface area contributed by atoms with E-state index >= 15 is 0 Å². The lowest BCUT2D eigenvalue weighted by Crippen LogP contribution is -2.45. The Morgan fingerprint density at radius 3 is 2.87 bits per heavy atom. The molecule has 0 amide bonds. The predicted molar refractivity (Wildman–Crippen MR) is 111 cm³/mol. The molecule has 0 aliphatic carbocycles. The molecule has 2 unspecified atom stereocenters. The quantitative estimate of drug-likeness (QED) is 0.614. The maximum atomic E-state index is 14.4. The van der Waals surface area contributed by atoms with E-state index < -0.39 is 12.1 Å². The number of nitrogens with zero attached hydrogens (tertiary/aromatic N) is 3. The molecule has 2 aromatic heterocycles. The number of pyridine rings is 1. The topological polar surface area (TPSA) is 54.8 Å². The van der Waals surface area contributed by atoms with Crippen molar-refractivity contribution in [3.8, 4) is 16.9 Å². The zero-order valence-corrected chi connectivity index (χ0v) is 16.5. The second kappa shape index (κ2) is 8.31. The Morgan fingerprint density at radius 2 is 2.10 bits per heavy atom. The van der Waals surface area contributed by atoms with Crippen LogP contribution < -0.4 is 10.6 Å². The number of benzene rings is 1. The van der Waals surface area contributed by atoms with Gasteiger partial charge in [-0.2, -0.15) is 4.39 Å². The standard InChI is InChI=1S/C22H22F3N5/c1-3-14-7-21(13(2)6-17(14)23)30-11-20(28-12-30)16-8-15(9-27-22(16)25)29-19-4-5-26-10-18(19)24/h3,6-9,11-12,18-19,26,29H,1,4-5,10H2,2H3. The van der Waals surface area contributed by atoms with E-state index in [1.54, 1.807) is 29.8 Å². The second-order valence-electron chi connectivity index (χ2n) is 7.35. The second-order valence-corrected chi connectivity index (χ2v) is 7.35. The van der Waals surface area contributed by atoms with Gasteiger partial charge in [-0.3, -0.25) is 0 Å². The molecule has 2 N–H and O–H groups in total. The molecule has 3 aromatic rings. The molecule has 4 rings (SSSR count). The summed E-state index contributed by atoms with van der Waals surface area (Å²) in [6, 6.07) is 4.30. The smallest absolute Gasteiger partial charge is 0.222 e. The number of nitrogens with one attached hydrogen (secondary N) is 2. The number of hydrogen-bond acceptors (Lipinski definition) is 4. The maximum Gasteiger partial charge on any atom is 0.222 e. The van der Waals surface area contributed by atoms with Crippen molar-refractivity contribution in [2.45, 2.75) is 25.6 Å². The predicted octanol–water partition coefficient (Wildman–Crippen LogP) is 4.28. The molecular formula is C22H22F3N5. The van der Waals surface area contributed by atoms with E-state index in [9.17, 15) is 13.2 Å². The zero-order chi connectivity index (χ0) is 21.3. The molecule has 30 heavy (non-hydrogen) atoms. The highest BCUT2D eigenvalue weighted by molar-refractivity contribution is 5.65. The van der Waals surface area contributed by atoms with Crippen LogP contribution in [0, 0.1) is 18.7 Å². The number of piperidine rings is 1. The van der Waals surface area contributed by atoms with Crippen molar-refractivity contribution in [2.24, 2.45) is 0 Å². The van der Waals surface area contributed by atoms with Gasteiger partial charge in [0.1, 0.15) is 12.0 Å². The largest absolute Gasteiger partial charge is 0.378 e. The van der Waals surface area contributed by atoms with Crippen molar-refractivity contribution in [1.29, 1.82) is 0 Å². The molecule has 1 aliphatic rings. The minimum Gasteiger partial charge on any atom is -0.378 e. The third-order valence-electron chi connectivity index (χ3n) is 5.27. The molecular weight excluding hydrogens is 391 g/mol. The van der Waals surface area contributed by atoms with Gasteiger partial charge in [-0.05, 0) is 43.7 Å². The SMILES string of the molecule is C=Cc1cc(-n2cnc(-c3cc(NC4CCNCC4F)cnc3F)c2)c(C)cc1F. The lowest BCUT2D eigenvalue weighted by atomic mass is 10.0.